The van der Waals surface area contributed by atoms with E-state index < -0.39 is 15.9 Å². The number of benzene rings is 1. The van der Waals surface area contributed by atoms with Crippen molar-refractivity contribution in [1.82, 2.24) is 0 Å². The van der Waals surface area contributed by atoms with Crippen LogP contribution >= 0.6 is 11.8 Å². The Morgan fingerprint density at radius 3 is 2.75 bits per heavy atom. The van der Waals surface area contributed by atoms with E-state index in [9.17, 15) is 13.2 Å². The van der Waals surface area contributed by atoms with Crippen molar-refractivity contribution in [1.29, 1.82) is 0 Å². The highest BCUT2D eigenvalue weighted by Gasteiger charge is 2.49. The highest BCUT2D eigenvalue weighted by Crippen LogP contribution is 2.41. The van der Waals surface area contributed by atoms with E-state index in [0.717, 1.165) is 12.1 Å². The van der Waals surface area contributed by atoms with E-state index >= 15 is 0 Å². The molecule has 3 saturated heterocycles. The molecule has 0 spiro atoms. The molecule has 1 amide bonds. The van der Waals surface area contributed by atoms with Gasteiger partial charge in [-0.3, -0.25) is 4.79 Å². The van der Waals surface area contributed by atoms with Crippen LogP contribution in [0.3, 0.4) is 0 Å². The molecule has 0 N–H and O–H groups in total. The number of amidine groups is 1. The van der Waals surface area contributed by atoms with Gasteiger partial charge >= 0.3 is 0 Å². The number of hydrogen-bond donors (Lipinski definition) is 0. The Balaban J connectivity index is 1.67. The molecule has 8 heteroatoms. The van der Waals surface area contributed by atoms with Crippen molar-refractivity contribution < 1.29 is 17.9 Å². The Bertz CT molecular complexity index is 773. The van der Waals surface area contributed by atoms with E-state index in [1.165, 1.54) is 11.8 Å². The third-order valence-corrected chi connectivity index (χ3v) is 7.72. The zero-order valence-corrected chi connectivity index (χ0v) is 14.6. The van der Waals surface area contributed by atoms with Crippen molar-refractivity contribution in [2.45, 2.75) is 30.2 Å². The van der Waals surface area contributed by atoms with E-state index in [2.05, 4.69) is 4.99 Å². The number of hydrogen-bond acceptors (Lipinski definition) is 5. The summed E-state index contributed by atoms with van der Waals surface area (Å²) in [6.45, 7) is 0.598. The Hall–Kier alpha value is -1.38. The van der Waals surface area contributed by atoms with Crippen molar-refractivity contribution in [3.63, 3.8) is 0 Å². The van der Waals surface area contributed by atoms with Gasteiger partial charge < -0.3 is 9.64 Å². The van der Waals surface area contributed by atoms with Gasteiger partial charge in [0.05, 0.1) is 17.5 Å². The Labute approximate surface area is 145 Å². The van der Waals surface area contributed by atoms with Crippen LogP contribution in [-0.2, 0) is 19.4 Å². The van der Waals surface area contributed by atoms with E-state index in [4.69, 9.17) is 4.74 Å². The normalized spacial score (nSPS) is 33.1. The van der Waals surface area contributed by atoms with Crippen LogP contribution in [-0.4, -0.2) is 55.0 Å². The van der Waals surface area contributed by atoms with E-state index in [0.29, 0.717) is 18.2 Å². The molecule has 0 radical (unpaired) electrons. The van der Waals surface area contributed by atoms with Crippen LogP contribution in [0.1, 0.15) is 12.8 Å². The standard InChI is InChI=1S/C16H18N2O4S2/c19-15(13-7-4-8-22-13)17-16-18(11-5-2-1-3-6-11)12-9-24(20,21)10-14(12)23-16/h1-3,5-6,12-14H,4,7-10H2/t12-,13+,14+/m1/s1. The summed E-state index contributed by atoms with van der Waals surface area (Å²) in [7, 11) is -3.04. The van der Waals surface area contributed by atoms with Gasteiger partial charge in [-0.15, -0.1) is 0 Å². The van der Waals surface area contributed by atoms with Gasteiger partial charge in [0.25, 0.3) is 5.91 Å². The first kappa shape index (κ1) is 16.1. The van der Waals surface area contributed by atoms with Crippen molar-refractivity contribution in [2.24, 2.45) is 4.99 Å². The number of ether oxygens (including phenoxy) is 1. The number of nitrogens with zero attached hydrogens (tertiary/aromatic N) is 2. The summed E-state index contributed by atoms with van der Waals surface area (Å²) >= 11 is 1.39. The first-order valence-electron chi connectivity index (χ1n) is 7.99. The third kappa shape index (κ3) is 2.98. The summed E-state index contributed by atoms with van der Waals surface area (Å²) in [5.74, 6) is -0.0235. The monoisotopic (exact) mass is 366 g/mol. The lowest BCUT2D eigenvalue weighted by atomic mass is 10.2. The topological polar surface area (TPSA) is 76.0 Å². The fourth-order valence-corrected chi connectivity index (χ4v) is 7.31. The molecule has 1 aromatic carbocycles. The maximum absolute atomic E-state index is 12.4. The molecule has 3 heterocycles. The summed E-state index contributed by atoms with van der Waals surface area (Å²) in [6, 6.07) is 9.37. The van der Waals surface area contributed by atoms with Crippen LogP contribution in [0.5, 0.6) is 0 Å². The van der Waals surface area contributed by atoms with Crippen LogP contribution < -0.4 is 4.90 Å². The third-order valence-electron chi connectivity index (χ3n) is 4.51. The maximum Gasteiger partial charge on any atom is 0.277 e. The summed E-state index contributed by atoms with van der Waals surface area (Å²) in [5, 5.41) is 0.512. The molecule has 0 aliphatic carbocycles. The molecule has 4 rings (SSSR count). The van der Waals surface area contributed by atoms with Gasteiger partial charge in [-0.25, -0.2) is 8.42 Å². The number of sulfone groups is 1. The average Bonchev–Trinajstić information content (AvgIpc) is 3.22. The zero-order valence-electron chi connectivity index (χ0n) is 13.0. The average molecular weight is 366 g/mol. The first-order valence-corrected chi connectivity index (χ1v) is 10.7. The van der Waals surface area contributed by atoms with Crippen molar-refractivity contribution >= 4 is 38.4 Å². The van der Waals surface area contributed by atoms with Gasteiger partial charge in [-0.05, 0) is 25.0 Å². The molecule has 3 atom stereocenters. The van der Waals surface area contributed by atoms with Crippen LogP contribution in [0.15, 0.2) is 35.3 Å². The molecular formula is C16H18N2O4S2. The fourth-order valence-electron chi connectivity index (χ4n) is 3.39. The predicted molar refractivity (Wildman–Crippen MR) is 94.2 cm³/mol. The number of fused-ring (bicyclic) bond motifs is 1. The number of thioether (sulfide) groups is 1. The number of amides is 1. The highest BCUT2D eigenvalue weighted by molar-refractivity contribution is 8.16. The Morgan fingerprint density at radius 2 is 2.04 bits per heavy atom. The zero-order chi connectivity index (χ0) is 16.7. The fraction of sp³-hybridized carbons (Fsp3) is 0.500. The second-order valence-electron chi connectivity index (χ2n) is 6.24. The second-order valence-corrected chi connectivity index (χ2v) is 9.60. The predicted octanol–water partition coefficient (Wildman–Crippen LogP) is 1.47. The van der Waals surface area contributed by atoms with E-state index in [1.54, 1.807) is 0 Å². The molecular weight excluding hydrogens is 348 g/mol. The Morgan fingerprint density at radius 1 is 1.25 bits per heavy atom. The molecule has 0 bridgehead atoms. The lowest BCUT2D eigenvalue weighted by molar-refractivity contribution is -0.126. The van der Waals surface area contributed by atoms with Crippen LogP contribution in [0, 0.1) is 0 Å². The molecule has 3 aliphatic heterocycles. The van der Waals surface area contributed by atoms with Crippen molar-refractivity contribution in [3.8, 4) is 0 Å². The molecule has 3 aliphatic rings. The van der Waals surface area contributed by atoms with Gasteiger partial charge in [-0.2, -0.15) is 4.99 Å². The van der Waals surface area contributed by atoms with Gasteiger partial charge in [0.1, 0.15) is 6.10 Å². The van der Waals surface area contributed by atoms with Crippen LogP contribution in [0.25, 0.3) is 0 Å². The minimum absolute atomic E-state index is 0.0775. The van der Waals surface area contributed by atoms with Gasteiger partial charge in [0.2, 0.25) is 0 Å². The SMILES string of the molecule is O=C(N=C1S[C@H]2CS(=O)(=O)C[C@H]2N1c1ccccc1)[C@@H]1CCCO1. The molecule has 3 fully saturated rings. The number of anilines is 1. The van der Waals surface area contributed by atoms with E-state index in [1.807, 2.05) is 35.2 Å². The van der Waals surface area contributed by atoms with Crippen LogP contribution in [0.4, 0.5) is 5.69 Å². The highest BCUT2D eigenvalue weighted by atomic mass is 32.2. The van der Waals surface area contributed by atoms with Crippen molar-refractivity contribution in [3.05, 3.63) is 30.3 Å². The smallest absolute Gasteiger partial charge is 0.277 e. The number of rotatable bonds is 2. The van der Waals surface area contributed by atoms with Crippen molar-refractivity contribution in [2.75, 3.05) is 23.0 Å². The Kier molecular flexibility index (Phi) is 4.14. The molecule has 0 saturated carbocycles. The lowest BCUT2D eigenvalue weighted by Crippen LogP contribution is -2.38. The first-order chi connectivity index (χ1) is 11.5. The molecule has 0 aromatic heterocycles. The molecule has 0 unspecified atom stereocenters. The summed E-state index contributed by atoms with van der Waals surface area (Å²) in [4.78, 5) is 18.6. The number of carbonyl (C=O) groups is 1. The van der Waals surface area contributed by atoms with Gasteiger partial charge in [0.15, 0.2) is 15.0 Å². The quantitative estimate of drug-likeness (QED) is 0.789. The minimum Gasteiger partial charge on any atom is -0.368 e. The number of para-hydroxylation sites is 1. The number of carbonyl (C=O) groups excluding carboxylic acids is 1. The molecule has 6 nitrogen and oxygen atoms in total. The largest absolute Gasteiger partial charge is 0.368 e. The molecule has 24 heavy (non-hydrogen) atoms. The molecule has 1 aromatic rings. The minimum atomic E-state index is -3.04. The maximum atomic E-state index is 12.4. The summed E-state index contributed by atoms with van der Waals surface area (Å²) in [5.41, 5.74) is 0.869. The number of aliphatic imine (C=N–C) groups is 1. The van der Waals surface area contributed by atoms with Gasteiger partial charge in [-0.1, -0.05) is 30.0 Å². The lowest BCUT2D eigenvalue weighted by Gasteiger charge is -2.24. The van der Waals surface area contributed by atoms with Crippen LogP contribution in [0.2, 0.25) is 0 Å². The summed E-state index contributed by atoms with van der Waals surface area (Å²) in [6.07, 6.45) is 1.12. The van der Waals surface area contributed by atoms with E-state index in [-0.39, 0.29) is 28.7 Å². The molecule has 128 valence electrons. The second kappa shape index (κ2) is 6.16. The van der Waals surface area contributed by atoms with Gasteiger partial charge in [0, 0.05) is 17.5 Å². The summed E-state index contributed by atoms with van der Waals surface area (Å²) < 4.78 is 29.4.